The van der Waals surface area contributed by atoms with E-state index in [1.54, 1.807) is 24.5 Å². The molecule has 0 aliphatic rings. The molecule has 84 valence electrons. The van der Waals surface area contributed by atoms with E-state index >= 15 is 0 Å². The first-order valence-corrected chi connectivity index (χ1v) is 4.67. The van der Waals surface area contributed by atoms with Crippen LogP contribution in [0.25, 0.3) is 0 Å². The van der Waals surface area contributed by atoms with Crippen LogP contribution in [-0.2, 0) is 18.0 Å². The van der Waals surface area contributed by atoms with E-state index in [1.165, 1.54) is 6.26 Å². The van der Waals surface area contributed by atoms with Crippen LogP contribution in [-0.4, -0.2) is 11.1 Å². The summed E-state index contributed by atoms with van der Waals surface area (Å²) in [6, 6.07) is 5.12. The van der Waals surface area contributed by atoms with Gasteiger partial charge < -0.3 is 18.7 Å². The number of furan rings is 2. The fraction of sp³-hybridized carbons (Fsp3) is 0.182. The van der Waals surface area contributed by atoms with Crippen molar-refractivity contribution in [1.82, 2.24) is 0 Å². The summed E-state index contributed by atoms with van der Waals surface area (Å²) >= 11 is 0. The largest absolute Gasteiger partial charge is 0.475 e. The highest BCUT2D eigenvalue weighted by Gasteiger charge is 2.13. The number of ether oxygens (including phenoxy) is 1. The van der Waals surface area contributed by atoms with Crippen LogP contribution in [0.3, 0.4) is 0 Å². The molecule has 5 heteroatoms. The summed E-state index contributed by atoms with van der Waals surface area (Å²) in [5, 5.41) is 8.77. The summed E-state index contributed by atoms with van der Waals surface area (Å²) in [6.07, 6.45) is 2.88. The average molecular weight is 222 g/mol. The second kappa shape index (κ2) is 4.67. The number of carboxylic acids is 1. The predicted molar refractivity (Wildman–Crippen MR) is 52.9 cm³/mol. The third kappa shape index (κ3) is 2.32. The van der Waals surface area contributed by atoms with Gasteiger partial charge in [0.1, 0.15) is 12.4 Å². The molecule has 0 saturated carbocycles. The molecule has 0 fully saturated rings. The molecule has 16 heavy (non-hydrogen) atoms. The summed E-state index contributed by atoms with van der Waals surface area (Å²) in [5.41, 5.74) is 0.513. The number of rotatable bonds is 5. The Hall–Kier alpha value is -2.01. The van der Waals surface area contributed by atoms with E-state index < -0.39 is 5.97 Å². The molecule has 0 aromatic carbocycles. The van der Waals surface area contributed by atoms with Crippen LogP contribution in [0.4, 0.5) is 0 Å². The van der Waals surface area contributed by atoms with Gasteiger partial charge in [-0.2, -0.15) is 0 Å². The van der Waals surface area contributed by atoms with Crippen molar-refractivity contribution in [1.29, 1.82) is 0 Å². The van der Waals surface area contributed by atoms with Crippen LogP contribution in [0.1, 0.15) is 21.9 Å². The monoisotopic (exact) mass is 222 g/mol. The Kier molecular flexibility index (Phi) is 3.07. The fourth-order valence-electron chi connectivity index (χ4n) is 1.29. The van der Waals surface area contributed by atoms with Crippen molar-refractivity contribution in [3.8, 4) is 0 Å². The zero-order valence-corrected chi connectivity index (χ0v) is 8.38. The Balaban J connectivity index is 1.90. The molecular weight excluding hydrogens is 212 g/mol. The summed E-state index contributed by atoms with van der Waals surface area (Å²) < 4.78 is 15.2. The highest BCUT2D eigenvalue weighted by molar-refractivity contribution is 5.85. The number of carboxylic acid groups (broad SMARTS) is 1. The van der Waals surface area contributed by atoms with E-state index in [2.05, 4.69) is 0 Å². The van der Waals surface area contributed by atoms with E-state index in [9.17, 15) is 4.79 Å². The van der Waals surface area contributed by atoms with E-state index in [4.69, 9.17) is 18.7 Å². The van der Waals surface area contributed by atoms with Gasteiger partial charge in [-0.1, -0.05) is 0 Å². The van der Waals surface area contributed by atoms with Crippen molar-refractivity contribution in [2.45, 2.75) is 13.2 Å². The summed E-state index contributed by atoms with van der Waals surface area (Å²) in [4.78, 5) is 10.7. The second-order valence-electron chi connectivity index (χ2n) is 3.15. The van der Waals surface area contributed by atoms with Crippen molar-refractivity contribution in [2.75, 3.05) is 0 Å². The Morgan fingerprint density at radius 3 is 2.81 bits per heavy atom. The topological polar surface area (TPSA) is 72.8 Å². The molecule has 5 nitrogen and oxygen atoms in total. The summed E-state index contributed by atoms with van der Waals surface area (Å²) in [6.45, 7) is 0.482. The van der Waals surface area contributed by atoms with Crippen molar-refractivity contribution in [3.05, 3.63) is 47.8 Å². The van der Waals surface area contributed by atoms with Crippen LogP contribution >= 0.6 is 0 Å². The van der Waals surface area contributed by atoms with Crippen LogP contribution in [0.2, 0.25) is 0 Å². The van der Waals surface area contributed by atoms with Gasteiger partial charge in [0.2, 0.25) is 5.76 Å². The van der Waals surface area contributed by atoms with Gasteiger partial charge in [0.25, 0.3) is 0 Å². The minimum Gasteiger partial charge on any atom is -0.475 e. The van der Waals surface area contributed by atoms with Crippen molar-refractivity contribution in [3.63, 3.8) is 0 Å². The molecule has 0 aliphatic heterocycles. The van der Waals surface area contributed by atoms with Gasteiger partial charge in [0.05, 0.1) is 19.1 Å². The maximum absolute atomic E-state index is 10.7. The molecule has 2 aromatic heterocycles. The van der Waals surface area contributed by atoms with E-state index in [0.29, 0.717) is 17.9 Å². The summed E-state index contributed by atoms with van der Waals surface area (Å²) in [7, 11) is 0. The molecule has 0 spiro atoms. The average Bonchev–Trinajstić information content (AvgIpc) is 2.87. The van der Waals surface area contributed by atoms with Crippen LogP contribution in [0.5, 0.6) is 0 Å². The lowest BCUT2D eigenvalue weighted by Gasteiger charge is -2.00. The number of aromatic carboxylic acids is 1. The van der Waals surface area contributed by atoms with Crippen molar-refractivity contribution in [2.24, 2.45) is 0 Å². The molecule has 2 rings (SSSR count). The maximum Gasteiger partial charge on any atom is 0.372 e. The molecule has 0 aliphatic carbocycles. The standard InChI is InChI=1S/C11H10O5/c12-11(13)10-8(3-5-16-10)6-14-7-9-2-1-4-15-9/h1-5H,6-7H2,(H,12,13). The van der Waals surface area contributed by atoms with Crippen molar-refractivity contribution < 1.29 is 23.5 Å². The molecular formula is C11H10O5. The molecule has 0 atom stereocenters. The Labute approximate surface area is 91.2 Å². The van der Waals surface area contributed by atoms with E-state index in [-0.39, 0.29) is 12.4 Å². The van der Waals surface area contributed by atoms with E-state index in [1.807, 2.05) is 0 Å². The third-order valence-electron chi connectivity index (χ3n) is 2.02. The van der Waals surface area contributed by atoms with Crippen LogP contribution in [0, 0.1) is 0 Å². The van der Waals surface area contributed by atoms with Crippen molar-refractivity contribution >= 4 is 5.97 Å². The Bertz CT molecular complexity index is 454. The molecule has 0 radical (unpaired) electrons. The molecule has 0 bridgehead atoms. The highest BCUT2D eigenvalue weighted by atomic mass is 16.5. The third-order valence-corrected chi connectivity index (χ3v) is 2.02. The first-order chi connectivity index (χ1) is 7.77. The van der Waals surface area contributed by atoms with Gasteiger partial charge in [-0.25, -0.2) is 4.79 Å². The molecule has 0 amide bonds. The Morgan fingerprint density at radius 1 is 1.25 bits per heavy atom. The molecule has 2 aromatic rings. The smallest absolute Gasteiger partial charge is 0.372 e. The van der Waals surface area contributed by atoms with Gasteiger partial charge in [-0.05, 0) is 18.2 Å². The van der Waals surface area contributed by atoms with Gasteiger partial charge in [0.15, 0.2) is 0 Å². The number of hydrogen-bond acceptors (Lipinski definition) is 4. The second-order valence-corrected chi connectivity index (χ2v) is 3.15. The van der Waals surface area contributed by atoms with Gasteiger partial charge in [-0.15, -0.1) is 0 Å². The Morgan fingerprint density at radius 2 is 2.12 bits per heavy atom. The van der Waals surface area contributed by atoms with Gasteiger partial charge in [0, 0.05) is 5.56 Å². The quantitative estimate of drug-likeness (QED) is 0.840. The molecule has 2 heterocycles. The normalized spacial score (nSPS) is 10.5. The lowest BCUT2D eigenvalue weighted by molar-refractivity contribution is 0.0641. The zero-order chi connectivity index (χ0) is 11.4. The predicted octanol–water partition coefficient (Wildman–Crippen LogP) is 2.29. The minimum atomic E-state index is -1.10. The van der Waals surface area contributed by atoms with Crippen LogP contribution < -0.4 is 0 Å². The van der Waals surface area contributed by atoms with Crippen LogP contribution in [0.15, 0.2) is 39.6 Å². The van der Waals surface area contributed by atoms with Gasteiger partial charge >= 0.3 is 5.97 Å². The maximum atomic E-state index is 10.7. The van der Waals surface area contributed by atoms with E-state index in [0.717, 1.165) is 0 Å². The lowest BCUT2D eigenvalue weighted by Crippen LogP contribution is -2.00. The van der Waals surface area contributed by atoms with Gasteiger partial charge in [-0.3, -0.25) is 0 Å². The minimum absolute atomic E-state index is 0.0838. The molecule has 0 saturated heterocycles. The lowest BCUT2D eigenvalue weighted by atomic mass is 10.2. The molecule has 1 N–H and O–H groups in total. The first kappa shape index (κ1) is 10.5. The SMILES string of the molecule is O=C(O)c1occc1COCc1ccco1. The summed E-state index contributed by atoms with van der Waals surface area (Å²) in [5.74, 6) is -0.485. The number of carbonyl (C=O) groups is 1. The number of hydrogen-bond donors (Lipinski definition) is 1. The zero-order valence-electron chi connectivity index (χ0n) is 8.38. The first-order valence-electron chi connectivity index (χ1n) is 4.67. The highest BCUT2D eigenvalue weighted by Crippen LogP contribution is 2.13. The fourth-order valence-corrected chi connectivity index (χ4v) is 1.29. The molecule has 0 unspecified atom stereocenters.